The van der Waals surface area contributed by atoms with Crippen molar-refractivity contribution in [3.8, 4) is 0 Å². The Bertz CT molecular complexity index is 637. The van der Waals surface area contributed by atoms with Crippen molar-refractivity contribution in [3.63, 3.8) is 0 Å². The summed E-state index contributed by atoms with van der Waals surface area (Å²) in [6.07, 6.45) is 0. The molecule has 116 valence electrons. The molecule has 6 heteroatoms. The maximum atomic E-state index is 13.6. The number of alkyl halides is 1. The van der Waals surface area contributed by atoms with Gasteiger partial charge in [-0.1, -0.05) is 11.6 Å². The van der Waals surface area contributed by atoms with Crippen LogP contribution in [-0.4, -0.2) is 34.1 Å². The summed E-state index contributed by atoms with van der Waals surface area (Å²) in [5, 5.41) is -0.141. The number of imidazole rings is 1. The lowest BCUT2D eigenvalue weighted by atomic mass is 10.3. The minimum Gasteiger partial charge on any atom is -0.325 e. The molecule has 0 saturated carbocycles. The van der Waals surface area contributed by atoms with Crippen LogP contribution in [0.1, 0.15) is 32.0 Å². The Labute approximate surface area is 134 Å². The first-order chi connectivity index (χ1) is 9.81. The van der Waals surface area contributed by atoms with Gasteiger partial charge in [0, 0.05) is 25.2 Å². The van der Waals surface area contributed by atoms with Gasteiger partial charge in [-0.05, 0) is 33.9 Å². The number of nitrogens with zero attached hydrogens (tertiary/aromatic N) is 3. The molecule has 1 atom stereocenters. The van der Waals surface area contributed by atoms with E-state index in [2.05, 4.69) is 30.8 Å². The van der Waals surface area contributed by atoms with Gasteiger partial charge in [0.2, 0.25) is 0 Å². The fraction of sp³-hybridized carbons (Fsp3) is 0.533. The number of hydrogen-bond acceptors (Lipinski definition) is 2. The quantitative estimate of drug-likeness (QED) is 0.754. The summed E-state index contributed by atoms with van der Waals surface area (Å²) in [5.41, 5.74) is 1.41. The molecule has 1 heterocycles. The predicted octanol–water partition coefficient (Wildman–Crippen LogP) is 4.47. The molecule has 1 aromatic carbocycles. The monoisotopic (exact) mass is 331 g/mol. The SMILES string of the molecule is CC(Cl)c1nc2cc(F)c(Cl)cc2n1CCN(C)C(C)C. The second-order valence-electron chi connectivity index (χ2n) is 5.57. The molecule has 2 rings (SSSR count). The van der Waals surface area contributed by atoms with E-state index < -0.39 is 5.82 Å². The topological polar surface area (TPSA) is 21.1 Å². The molecular weight excluding hydrogens is 312 g/mol. The van der Waals surface area contributed by atoms with Crippen LogP contribution >= 0.6 is 23.2 Å². The zero-order valence-corrected chi connectivity index (χ0v) is 14.2. The zero-order chi connectivity index (χ0) is 15.7. The van der Waals surface area contributed by atoms with Crippen molar-refractivity contribution in [2.45, 2.75) is 38.7 Å². The highest BCUT2D eigenvalue weighted by Gasteiger charge is 2.17. The van der Waals surface area contributed by atoms with E-state index in [0.29, 0.717) is 11.6 Å². The van der Waals surface area contributed by atoms with Gasteiger partial charge in [-0.15, -0.1) is 11.6 Å². The number of halogens is 3. The van der Waals surface area contributed by atoms with Gasteiger partial charge in [0.15, 0.2) is 0 Å². The first-order valence-corrected chi connectivity index (χ1v) is 7.82. The van der Waals surface area contributed by atoms with Crippen LogP contribution in [0, 0.1) is 5.82 Å². The van der Waals surface area contributed by atoms with E-state index in [4.69, 9.17) is 23.2 Å². The third-order valence-corrected chi connectivity index (χ3v) is 4.22. The van der Waals surface area contributed by atoms with Crippen molar-refractivity contribution in [2.24, 2.45) is 0 Å². The van der Waals surface area contributed by atoms with Gasteiger partial charge in [0.25, 0.3) is 0 Å². The number of hydrogen-bond donors (Lipinski definition) is 0. The highest BCUT2D eigenvalue weighted by atomic mass is 35.5. The maximum Gasteiger partial charge on any atom is 0.144 e. The molecule has 0 radical (unpaired) electrons. The van der Waals surface area contributed by atoms with Crippen LogP contribution in [0.15, 0.2) is 12.1 Å². The summed E-state index contributed by atoms with van der Waals surface area (Å²) < 4.78 is 15.6. The van der Waals surface area contributed by atoms with Gasteiger partial charge in [-0.2, -0.15) is 0 Å². The van der Waals surface area contributed by atoms with E-state index in [1.807, 2.05) is 11.5 Å². The Hall–Kier alpha value is -0.840. The molecule has 1 unspecified atom stereocenters. The second-order valence-corrected chi connectivity index (χ2v) is 6.63. The number of aromatic nitrogens is 2. The summed E-state index contributed by atoms with van der Waals surface area (Å²) in [4.78, 5) is 6.69. The van der Waals surface area contributed by atoms with E-state index in [-0.39, 0.29) is 10.4 Å². The van der Waals surface area contributed by atoms with Gasteiger partial charge in [-0.25, -0.2) is 9.37 Å². The maximum absolute atomic E-state index is 13.6. The van der Waals surface area contributed by atoms with E-state index in [9.17, 15) is 4.39 Å². The summed E-state index contributed by atoms with van der Waals surface area (Å²) in [6, 6.07) is 3.44. The lowest BCUT2D eigenvalue weighted by Gasteiger charge is -2.22. The molecule has 0 aliphatic heterocycles. The van der Waals surface area contributed by atoms with Crippen LogP contribution in [0.3, 0.4) is 0 Å². The van der Waals surface area contributed by atoms with E-state index in [1.165, 1.54) is 6.07 Å². The van der Waals surface area contributed by atoms with E-state index >= 15 is 0 Å². The first-order valence-electron chi connectivity index (χ1n) is 7.00. The van der Waals surface area contributed by atoms with Gasteiger partial charge in [0.1, 0.15) is 11.6 Å². The molecule has 1 aromatic heterocycles. The van der Waals surface area contributed by atoms with E-state index in [1.54, 1.807) is 6.07 Å². The average molecular weight is 332 g/mol. The molecule has 0 amide bonds. The average Bonchev–Trinajstić information content (AvgIpc) is 2.74. The molecule has 0 N–H and O–H groups in total. The summed E-state index contributed by atoms with van der Waals surface area (Å²) in [5.74, 6) is 0.285. The normalized spacial score (nSPS) is 13.6. The first kappa shape index (κ1) is 16.5. The van der Waals surface area contributed by atoms with Crippen LogP contribution in [0.5, 0.6) is 0 Å². The van der Waals surface area contributed by atoms with Crippen LogP contribution in [-0.2, 0) is 6.54 Å². The van der Waals surface area contributed by atoms with Crippen LogP contribution < -0.4 is 0 Å². The largest absolute Gasteiger partial charge is 0.325 e. The molecule has 0 aliphatic rings. The minimum atomic E-state index is -0.457. The molecule has 0 aliphatic carbocycles. The molecule has 2 aromatic rings. The molecule has 0 spiro atoms. The third-order valence-electron chi connectivity index (χ3n) is 3.73. The van der Waals surface area contributed by atoms with Crippen molar-refractivity contribution in [1.29, 1.82) is 0 Å². The van der Waals surface area contributed by atoms with Gasteiger partial charge in [-0.3, -0.25) is 0 Å². The number of likely N-dealkylation sites (N-methyl/N-ethyl adjacent to an activating group) is 1. The summed E-state index contributed by atoms with van der Waals surface area (Å²) in [7, 11) is 2.07. The standard InChI is InChI=1S/C15H20Cl2FN3/c1-9(2)20(4)5-6-21-14-7-11(17)12(18)8-13(14)19-15(21)10(3)16/h7-10H,5-6H2,1-4H3. The predicted molar refractivity (Wildman–Crippen MR) is 86.7 cm³/mol. The Morgan fingerprint density at radius 2 is 2.00 bits per heavy atom. The van der Waals surface area contributed by atoms with Gasteiger partial charge in [0.05, 0.1) is 21.4 Å². The Kier molecular flexibility index (Phi) is 5.12. The smallest absolute Gasteiger partial charge is 0.144 e. The molecule has 0 fully saturated rings. The number of fused-ring (bicyclic) bond motifs is 1. The lowest BCUT2D eigenvalue weighted by molar-refractivity contribution is 0.263. The summed E-state index contributed by atoms with van der Waals surface area (Å²) >= 11 is 12.1. The van der Waals surface area contributed by atoms with Crippen molar-refractivity contribution in [2.75, 3.05) is 13.6 Å². The number of rotatable bonds is 5. The van der Waals surface area contributed by atoms with Crippen LogP contribution in [0.2, 0.25) is 5.02 Å². The van der Waals surface area contributed by atoms with Crippen molar-refractivity contribution in [3.05, 3.63) is 28.8 Å². The fourth-order valence-electron chi connectivity index (χ4n) is 2.19. The third kappa shape index (κ3) is 3.50. The molecule has 0 bridgehead atoms. The van der Waals surface area contributed by atoms with Crippen molar-refractivity contribution >= 4 is 34.2 Å². The van der Waals surface area contributed by atoms with Crippen molar-refractivity contribution in [1.82, 2.24) is 14.5 Å². The van der Waals surface area contributed by atoms with Gasteiger partial charge < -0.3 is 9.47 Å². The summed E-state index contributed by atoms with van der Waals surface area (Å²) in [6.45, 7) is 7.74. The minimum absolute atomic E-state index is 0.106. The Morgan fingerprint density at radius 1 is 1.33 bits per heavy atom. The molecule has 21 heavy (non-hydrogen) atoms. The second kappa shape index (κ2) is 6.51. The highest BCUT2D eigenvalue weighted by Crippen LogP contribution is 2.28. The Balaban J connectivity index is 2.43. The Morgan fingerprint density at radius 3 is 2.57 bits per heavy atom. The zero-order valence-electron chi connectivity index (χ0n) is 12.7. The van der Waals surface area contributed by atoms with Crippen LogP contribution in [0.25, 0.3) is 11.0 Å². The van der Waals surface area contributed by atoms with Crippen molar-refractivity contribution < 1.29 is 4.39 Å². The highest BCUT2D eigenvalue weighted by molar-refractivity contribution is 6.31. The van der Waals surface area contributed by atoms with Crippen LogP contribution in [0.4, 0.5) is 4.39 Å². The number of benzene rings is 1. The molecule has 0 saturated heterocycles. The fourth-order valence-corrected chi connectivity index (χ4v) is 2.52. The van der Waals surface area contributed by atoms with E-state index in [0.717, 1.165) is 24.4 Å². The lowest BCUT2D eigenvalue weighted by Crippen LogP contribution is -2.30. The molecule has 3 nitrogen and oxygen atoms in total. The van der Waals surface area contributed by atoms with Gasteiger partial charge >= 0.3 is 0 Å². The molecular formula is C15H20Cl2FN3.